The number of carbonyl (C=O) groups is 1. The van der Waals surface area contributed by atoms with E-state index >= 15 is 0 Å². The van der Waals surface area contributed by atoms with Crippen molar-refractivity contribution in [3.05, 3.63) is 33.9 Å². The summed E-state index contributed by atoms with van der Waals surface area (Å²) < 4.78 is 0. The summed E-state index contributed by atoms with van der Waals surface area (Å²) in [5.74, 6) is -0.877. The molecule has 1 unspecified atom stereocenters. The number of nitrogens with one attached hydrogen (secondary N) is 1. The molecule has 0 aliphatic heterocycles. The summed E-state index contributed by atoms with van der Waals surface area (Å²) in [4.78, 5) is 21.4. The van der Waals surface area contributed by atoms with E-state index in [1.807, 2.05) is 13.8 Å². The second-order valence-corrected chi connectivity index (χ2v) is 4.82. The number of hydrogen-bond acceptors (Lipinski definition) is 4. The molecule has 0 saturated carbocycles. The van der Waals surface area contributed by atoms with Gasteiger partial charge in [0.25, 0.3) is 5.69 Å². The third-order valence-electron chi connectivity index (χ3n) is 2.96. The van der Waals surface area contributed by atoms with Gasteiger partial charge >= 0.3 is 5.97 Å². The number of carboxylic acid groups (broad SMARTS) is 1. The highest BCUT2D eigenvalue weighted by Crippen LogP contribution is 2.29. The van der Waals surface area contributed by atoms with E-state index in [2.05, 4.69) is 5.32 Å². The molecule has 1 aromatic rings. The van der Waals surface area contributed by atoms with E-state index in [0.717, 1.165) is 0 Å². The lowest BCUT2D eigenvalue weighted by Crippen LogP contribution is -2.29. The second-order valence-electron chi connectivity index (χ2n) is 4.82. The highest BCUT2D eigenvalue weighted by atomic mass is 16.6. The van der Waals surface area contributed by atoms with Crippen LogP contribution in [0.5, 0.6) is 0 Å². The van der Waals surface area contributed by atoms with Crippen LogP contribution in [0.4, 0.5) is 11.4 Å². The predicted octanol–water partition coefficient (Wildman–Crippen LogP) is 2.81. The van der Waals surface area contributed by atoms with Crippen molar-refractivity contribution in [1.82, 2.24) is 0 Å². The Balaban J connectivity index is 3.06. The molecule has 0 amide bonds. The Bertz CT molecular complexity index is 486. The molecule has 2 N–H and O–H groups in total. The zero-order chi connectivity index (χ0) is 14.6. The van der Waals surface area contributed by atoms with Gasteiger partial charge in [-0.05, 0) is 18.9 Å². The van der Waals surface area contributed by atoms with Gasteiger partial charge < -0.3 is 10.4 Å². The molecule has 1 rings (SSSR count). The van der Waals surface area contributed by atoms with Crippen molar-refractivity contribution in [1.29, 1.82) is 0 Å². The van der Waals surface area contributed by atoms with Gasteiger partial charge in [-0.3, -0.25) is 14.9 Å². The number of nitrogens with zero attached hydrogens (tertiary/aromatic N) is 1. The largest absolute Gasteiger partial charge is 0.481 e. The van der Waals surface area contributed by atoms with Crippen molar-refractivity contribution in [3.8, 4) is 0 Å². The first kappa shape index (κ1) is 14.9. The standard InChI is InChI=1S/C13H18N2O4/c1-8(2)11(7-12(16)17)14-10-6-4-5-9(3)13(10)15(18)19/h4-6,8,11,14H,7H2,1-3H3,(H,16,17). The van der Waals surface area contributed by atoms with Crippen LogP contribution in [-0.2, 0) is 4.79 Å². The van der Waals surface area contributed by atoms with Gasteiger partial charge in [0.2, 0.25) is 0 Å². The minimum atomic E-state index is -0.929. The van der Waals surface area contributed by atoms with Crippen LogP contribution in [0, 0.1) is 23.0 Å². The molecule has 0 fully saturated rings. The van der Waals surface area contributed by atoms with Crippen LogP contribution >= 0.6 is 0 Å². The first-order valence-electron chi connectivity index (χ1n) is 6.05. The Hall–Kier alpha value is -2.11. The number of para-hydroxylation sites is 1. The minimum absolute atomic E-state index is 0.00135. The first-order valence-corrected chi connectivity index (χ1v) is 6.05. The average Bonchev–Trinajstić information content (AvgIpc) is 2.26. The Morgan fingerprint density at radius 1 is 1.47 bits per heavy atom. The Kier molecular flexibility index (Phi) is 4.86. The average molecular weight is 266 g/mol. The van der Waals surface area contributed by atoms with Crippen molar-refractivity contribution in [3.63, 3.8) is 0 Å². The maximum absolute atomic E-state index is 11.1. The fraction of sp³-hybridized carbons (Fsp3) is 0.462. The van der Waals surface area contributed by atoms with E-state index < -0.39 is 10.9 Å². The van der Waals surface area contributed by atoms with Crippen molar-refractivity contribution in [2.45, 2.75) is 33.2 Å². The summed E-state index contributed by atoms with van der Waals surface area (Å²) in [7, 11) is 0. The van der Waals surface area contributed by atoms with Gasteiger partial charge in [-0.25, -0.2) is 0 Å². The molecule has 0 radical (unpaired) electrons. The number of carboxylic acids is 1. The van der Waals surface area contributed by atoms with E-state index in [0.29, 0.717) is 11.3 Å². The molecule has 0 aliphatic rings. The molecule has 0 aliphatic carbocycles. The van der Waals surface area contributed by atoms with Crippen molar-refractivity contribution < 1.29 is 14.8 Å². The lowest BCUT2D eigenvalue weighted by Gasteiger charge is -2.22. The summed E-state index contributed by atoms with van der Waals surface area (Å²) >= 11 is 0. The van der Waals surface area contributed by atoms with Gasteiger partial charge in [-0.2, -0.15) is 0 Å². The molecule has 0 bridgehead atoms. The Morgan fingerprint density at radius 3 is 2.58 bits per heavy atom. The molecule has 0 heterocycles. The highest BCUT2D eigenvalue weighted by Gasteiger charge is 2.22. The number of aryl methyl sites for hydroxylation is 1. The lowest BCUT2D eigenvalue weighted by atomic mass is 10.00. The third kappa shape index (κ3) is 3.94. The van der Waals surface area contributed by atoms with Crippen LogP contribution in [0.2, 0.25) is 0 Å². The number of hydrogen-bond donors (Lipinski definition) is 2. The van der Waals surface area contributed by atoms with E-state index in [-0.39, 0.29) is 24.1 Å². The number of anilines is 1. The van der Waals surface area contributed by atoms with Gasteiger partial charge in [0, 0.05) is 11.6 Å². The number of aliphatic carboxylic acids is 1. The van der Waals surface area contributed by atoms with Gasteiger partial charge in [0.1, 0.15) is 5.69 Å². The SMILES string of the molecule is Cc1cccc(NC(CC(=O)O)C(C)C)c1[N+](=O)[O-]. The van der Waals surface area contributed by atoms with E-state index in [4.69, 9.17) is 5.11 Å². The third-order valence-corrected chi connectivity index (χ3v) is 2.96. The molecule has 6 nitrogen and oxygen atoms in total. The maximum atomic E-state index is 11.1. The molecule has 0 saturated heterocycles. The molecule has 0 spiro atoms. The molecular formula is C13H18N2O4. The van der Waals surface area contributed by atoms with E-state index in [9.17, 15) is 14.9 Å². The Morgan fingerprint density at radius 2 is 2.11 bits per heavy atom. The predicted molar refractivity (Wildman–Crippen MR) is 72.3 cm³/mol. The van der Waals surface area contributed by atoms with Crippen molar-refractivity contribution in [2.75, 3.05) is 5.32 Å². The number of nitro groups is 1. The van der Waals surface area contributed by atoms with Crippen LogP contribution in [-0.4, -0.2) is 22.0 Å². The zero-order valence-corrected chi connectivity index (χ0v) is 11.2. The summed E-state index contributed by atoms with van der Waals surface area (Å²) in [5.41, 5.74) is 0.913. The zero-order valence-electron chi connectivity index (χ0n) is 11.2. The topological polar surface area (TPSA) is 92.5 Å². The van der Waals surface area contributed by atoms with Crippen LogP contribution in [0.1, 0.15) is 25.8 Å². The smallest absolute Gasteiger partial charge is 0.305 e. The van der Waals surface area contributed by atoms with Crippen LogP contribution < -0.4 is 5.32 Å². The summed E-state index contributed by atoms with van der Waals surface area (Å²) in [6, 6.07) is 4.62. The summed E-state index contributed by atoms with van der Waals surface area (Å²) in [5, 5.41) is 22.9. The molecule has 104 valence electrons. The maximum Gasteiger partial charge on any atom is 0.305 e. The molecule has 0 aromatic heterocycles. The fourth-order valence-electron chi connectivity index (χ4n) is 1.86. The molecule has 6 heteroatoms. The van der Waals surface area contributed by atoms with Gasteiger partial charge in [0.05, 0.1) is 11.3 Å². The van der Waals surface area contributed by atoms with Crippen molar-refractivity contribution in [2.24, 2.45) is 5.92 Å². The Labute approximate surface area is 111 Å². The molecule has 1 aromatic carbocycles. The summed E-state index contributed by atoms with van der Waals surface area (Å²) in [6.45, 7) is 5.41. The van der Waals surface area contributed by atoms with Gasteiger partial charge in [-0.15, -0.1) is 0 Å². The quantitative estimate of drug-likeness (QED) is 0.610. The van der Waals surface area contributed by atoms with Crippen LogP contribution in [0.25, 0.3) is 0 Å². The van der Waals surface area contributed by atoms with E-state index in [1.54, 1.807) is 25.1 Å². The first-order chi connectivity index (χ1) is 8.82. The summed E-state index contributed by atoms with van der Waals surface area (Å²) in [6.07, 6.45) is -0.0806. The highest BCUT2D eigenvalue weighted by molar-refractivity contribution is 5.70. The number of rotatable bonds is 6. The molecular weight excluding hydrogens is 248 g/mol. The van der Waals surface area contributed by atoms with Gasteiger partial charge in [-0.1, -0.05) is 26.0 Å². The molecule has 1 atom stereocenters. The monoisotopic (exact) mass is 266 g/mol. The second kappa shape index (κ2) is 6.17. The number of benzene rings is 1. The van der Waals surface area contributed by atoms with Crippen LogP contribution in [0.3, 0.4) is 0 Å². The van der Waals surface area contributed by atoms with Crippen LogP contribution in [0.15, 0.2) is 18.2 Å². The normalized spacial score (nSPS) is 12.2. The lowest BCUT2D eigenvalue weighted by molar-refractivity contribution is -0.384. The van der Waals surface area contributed by atoms with Gasteiger partial charge in [0.15, 0.2) is 0 Å². The number of nitro benzene ring substituents is 1. The fourth-order valence-corrected chi connectivity index (χ4v) is 1.86. The van der Waals surface area contributed by atoms with E-state index in [1.165, 1.54) is 0 Å². The van der Waals surface area contributed by atoms with Crippen molar-refractivity contribution >= 4 is 17.3 Å². The molecule has 19 heavy (non-hydrogen) atoms. The minimum Gasteiger partial charge on any atom is -0.481 e.